The topological polar surface area (TPSA) is 49.4 Å². The third-order valence-corrected chi connectivity index (χ3v) is 2.50. The molecule has 0 bridgehead atoms. The lowest BCUT2D eigenvalue weighted by atomic mass is 10.1. The first-order chi connectivity index (χ1) is 5.68. The van der Waals surface area contributed by atoms with Gasteiger partial charge in [-0.05, 0) is 12.3 Å². The van der Waals surface area contributed by atoms with Crippen LogP contribution in [0.15, 0.2) is 0 Å². The minimum Gasteiger partial charge on any atom is -0.326 e. The van der Waals surface area contributed by atoms with E-state index in [0.717, 1.165) is 11.3 Å². The van der Waals surface area contributed by atoms with E-state index in [-0.39, 0.29) is 18.0 Å². The number of hydrogen-bond acceptors (Lipinski definition) is 2. The third kappa shape index (κ3) is 1.17. The first-order valence-electron chi connectivity index (χ1n) is 4.26. The fourth-order valence-electron chi connectivity index (χ4n) is 1.49. The number of nitrogens with one attached hydrogen (secondary N) is 1. The van der Waals surface area contributed by atoms with Crippen LogP contribution in [0.5, 0.6) is 0 Å². The molecule has 0 aromatic heterocycles. The predicted octanol–water partition coefficient (Wildman–Crippen LogP) is 0.337. The third-order valence-electron chi connectivity index (χ3n) is 2.50. The molecule has 1 atom stereocenters. The van der Waals surface area contributed by atoms with Gasteiger partial charge in [0.1, 0.15) is 6.04 Å². The van der Waals surface area contributed by atoms with Crippen LogP contribution in [0.2, 0.25) is 0 Å². The SMILES string of the molecule is CN1C(=O)NC(CC2CC2)C1=O. The maximum absolute atomic E-state index is 11.3. The Hall–Kier alpha value is -1.06. The van der Waals surface area contributed by atoms with E-state index in [1.54, 1.807) is 0 Å². The molecule has 1 N–H and O–H groups in total. The van der Waals surface area contributed by atoms with Crippen LogP contribution in [-0.4, -0.2) is 29.9 Å². The molecule has 0 aromatic rings. The van der Waals surface area contributed by atoms with Gasteiger partial charge in [-0.25, -0.2) is 4.79 Å². The first-order valence-corrected chi connectivity index (χ1v) is 4.26. The van der Waals surface area contributed by atoms with Crippen LogP contribution in [-0.2, 0) is 4.79 Å². The molecule has 66 valence electrons. The summed E-state index contributed by atoms with van der Waals surface area (Å²) in [7, 11) is 1.52. The largest absolute Gasteiger partial charge is 0.326 e. The highest BCUT2D eigenvalue weighted by Crippen LogP contribution is 2.34. The van der Waals surface area contributed by atoms with Crippen LogP contribution in [0.4, 0.5) is 4.79 Å². The molecule has 1 aliphatic heterocycles. The monoisotopic (exact) mass is 168 g/mol. The molecule has 1 saturated carbocycles. The summed E-state index contributed by atoms with van der Waals surface area (Å²) in [4.78, 5) is 23.5. The number of nitrogens with zero attached hydrogens (tertiary/aromatic N) is 1. The molecule has 0 aromatic carbocycles. The summed E-state index contributed by atoms with van der Waals surface area (Å²) < 4.78 is 0. The number of amides is 3. The van der Waals surface area contributed by atoms with Crippen LogP contribution < -0.4 is 5.32 Å². The van der Waals surface area contributed by atoms with Crippen molar-refractivity contribution in [3.8, 4) is 0 Å². The predicted molar refractivity (Wildman–Crippen MR) is 42.4 cm³/mol. The second-order valence-corrected chi connectivity index (χ2v) is 3.58. The maximum atomic E-state index is 11.3. The molecular weight excluding hydrogens is 156 g/mol. The fraction of sp³-hybridized carbons (Fsp3) is 0.750. The molecule has 3 amide bonds. The Morgan fingerprint density at radius 2 is 2.17 bits per heavy atom. The zero-order chi connectivity index (χ0) is 8.72. The molecule has 0 spiro atoms. The van der Waals surface area contributed by atoms with Gasteiger partial charge in [0.05, 0.1) is 0 Å². The lowest BCUT2D eigenvalue weighted by Crippen LogP contribution is -2.29. The van der Waals surface area contributed by atoms with E-state index in [1.165, 1.54) is 19.9 Å². The quantitative estimate of drug-likeness (QED) is 0.604. The average molecular weight is 168 g/mol. The minimum absolute atomic E-state index is 0.0769. The van der Waals surface area contributed by atoms with Gasteiger partial charge in [0.15, 0.2) is 0 Å². The second-order valence-electron chi connectivity index (χ2n) is 3.58. The Morgan fingerprint density at radius 1 is 1.50 bits per heavy atom. The van der Waals surface area contributed by atoms with Crippen molar-refractivity contribution in [3.63, 3.8) is 0 Å². The van der Waals surface area contributed by atoms with Gasteiger partial charge in [0.2, 0.25) is 0 Å². The van der Waals surface area contributed by atoms with Crippen molar-refractivity contribution >= 4 is 11.9 Å². The maximum Gasteiger partial charge on any atom is 0.324 e. The smallest absolute Gasteiger partial charge is 0.324 e. The van der Waals surface area contributed by atoms with Crippen LogP contribution in [0.25, 0.3) is 0 Å². The van der Waals surface area contributed by atoms with Crippen molar-refractivity contribution in [2.24, 2.45) is 5.92 Å². The fourth-order valence-corrected chi connectivity index (χ4v) is 1.49. The molecule has 12 heavy (non-hydrogen) atoms. The molecule has 4 heteroatoms. The molecule has 1 unspecified atom stereocenters. The highest BCUT2D eigenvalue weighted by atomic mass is 16.2. The Kier molecular flexibility index (Phi) is 1.56. The second kappa shape index (κ2) is 2.47. The standard InChI is InChI=1S/C8H12N2O2/c1-10-7(11)6(9-8(10)12)4-5-2-3-5/h5-6H,2-4H2,1H3,(H,9,12). The van der Waals surface area contributed by atoms with E-state index in [0.29, 0.717) is 5.92 Å². The minimum atomic E-state index is -0.259. The molecule has 2 fully saturated rings. The zero-order valence-corrected chi connectivity index (χ0v) is 7.04. The van der Waals surface area contributed by atoms with E-state index in [9.17, 15) is 9.59 Å². The van der Waals surface area contributed by atoms with Crippen molar-refractivity contribution in [2.75, 3.05) is 7.05 Å². The van der Waals surface area contributed by atoms with Crippen LogP contribution >= 0.6 is 0 Å². The Balaban J connectivity index is 1.98. The van der Waals surface area contributed by atoms with Crippen LogP contribution in [0.1, 0.15) is 19.3 Å². The van der Waals surface area contributed by atoms with Gasteiger partial charge < -0.3 is 5.32 Å². The number of carbonyl (C=O) groups is 2. The van der Waals surface area contributed by atoms with E-state index < -0.39 is 0 Å². The van der Waals surface area contributed by atoms with Gasteiger partial charge in [0, 0.05) is 7.05 Å². The van der Waals surface area contributed by atoms with E-state index in [1.807, 2.05) is 0 Å². The van der Waals surface area contributed by atoms with E-state index in [4.69, 9.17) is 0 Å². The number of hydrogen-bond donors (Lipinski definition) is 1. The van der Waals surface area contributed by atoms with Gasteiger partial charge in [-0.3, -0.25) is 9.69 Å². The normalized spacial score (nSPS) is 29.4. The lowest BCUT2D eigenvalue weighted by Gasteiger charge is -2.05. The van der Waals surface area contributed by atoms with Gasteiger partial charge >= 0.3 is 6.03 Å². The van der Waals surface area contributed by atoms with Gasteiger partial charge in [-0.15, -0.1) is 0 Å². The summed E-state index contributed by atoms with van der Waals surface area (Å²) in [6, 6.07) is -0.499. The highest BCUT2D eigenvalue weighted by molar-refractivity contribution is 6.03. The van der Waals surface area contributed by atoms with E-state index >= 15 is 0 Å². The number of urea groups is 1. The molecule has 2 aliphatic rings. The summed E-state index contributed by atoms with van der Waals surface area (Å²) in [5, 5.41) is 2.66. The van der Waals surface area contributed by atoms with Crippen molar-refractivity contribution in [3.05, 3.63) is 0 Å². The lowest BCUT2D eigenvalue weighted by molar-refractivity contribution is -0.126. The molecule has 1 heterocycles. The molecule has 1 aliphatic carbocycles. The highest BCUT2D eigenvalue weighted by Gasteiger charge is 2.38. The summed E-state index contributed by atoms with van der Waals surface area (Å²) >= 11 is 0. The Bertz CT molecular complexity index is 235. The van der Waals surface area contributed by atoms with Crippen molar-refractivity contribution in [2.45, 2.75) is 25.3 Å². The summed E-state index contributed by atoms with van der Waals surface area (Å²) in [5.41, 5.74) is 0. The van der Waals surface area contributed by atoms with Crippen molar-refractivity contribution in [1.82, 2.24) is 10.2 Å². The summed E-state index contributed by atoms with van der Waals surface area (Å²) in [6.45, 7) is 0. The first kappa shape index (κ1) is 7.58. The Morgan fingerprint density at radius 3 is 2.58 bits per heavy atom. The summed E-state index contributed by atoms with van der Waals surface area (Å²) in [5.74, 6) is 0.595. The van der Waals surface area contributed by atoms with Crippen LogP contribution in [0, 0.1) is 5.92 Å². The summed E-state index contributed by atoms with van der Waals surface area (Å²) in [6.07, 6.45) is 3.25. The molecule has 0 radical (unpaired) electrons. The van der Waals surface area contributed by atoms with Gasteiger partial charge in [-0.2, -0.15) is 0 Å². The van der Waals surface area contributed by atoms with Gasteiger partial charge in [0.25, 0.3) is 5.91 Å². The van der Waals surface area contributed by atoms with Gasteiger partial charge in [-0.1, -0.05) is 12.8 Å². The number of carbonyl (C=O) groups excluding carboxylic acids is 2. The average Bonchev–Trinajstić information content (AvgIpc) is 2.80. The van der Waals surface area contributed by atoms with Crippen molar-refractivity contribution in [1.29, 1.82) is 0 Å². The molecule has 2 rings (SSSR count). The molecular formula is C8H12N2O2. The zero-order valence-electron chi connectivity index (χ0n) is 7.04. The van der Waals surface area contributed by atoms with E-state index in [2.05, 4.69) is 5.32 Å². The number of imide groups is 1. The molecule has 4 nitrogen and oxygen atoms in total. The molecule has 1 saturated heterocycles. The number of rotatable bonds is 2. The number of likely N-dealkylation sites (N-methyl/N-ethyl adjacent to an activating group) is 1. The Labute approximate surface area is 70.9 Å². The van der Waals surface area contributed by atoms with Crippen molar-refractivity contribution < 1.29 is 9.59 Å². The van der Waals surface area contributed by atoms with Crippen LogP contribution in [0.3, 0.4) is 0 Å².